The molecule has 0 radical (unpaired) electrons. The fourth-order valence-electron chi connectivity index (χ4n) is 2.32. The number of para-hydroxylation sites is 1. The topological polar surface area (TPSA) is 20.3 Å². The quantitative estimate of drug-likeness (QED) is 0.400. The molecule has 4 heteroatoms. The number of anilines is 2. The van der Waals surface area contributed by atoms with Crippen LogP contribution in [-0.2, 0) is 0 Å². The lowest BCUT2D eigenvalue weighted by Gasteiger charge is -2.22. The molecule has 2 nitrogen and oxygen atoms in total. The number of rotatable bonds is 1. The molecule has 0 N–H and O–H groups in total. The van der Waals surface area contributed by atoms with E-state index < -0.39 is 5.37 Å². The van der Waals surface area contributed by atoms with E-state index in [2.05, 4.69) is 0 Å². The van der Waals surface area contributed by atoms with Gasteiger partial charge in [0.05, 0.1) is 11.4 Å². The number of hydrogen-bond donors (Lipinski definition) is 0. The molecule has 1 aliphatic rings. The van der Waals surface area contributed by atoms with Crippen molar-refractivity contribution in [3.05, 3.63) is 53.6 Å². The Kier molecular flexibility index (Phi) is 3.55. The molecule has 0 unspecified atom stereocenters. The molecule has 20 heavy (non-hydrogen) atoms. The van der Waals surface area contributed by atoms with Crippen molar-refractivity contribution in [2.75, 3.05) is 11.2 Å². The number of nitrogens with zero attached hydrogens (tertiary/aromatic N) is 1. The minimum Gasteiger partial charge on any atom is -0.266 e. The number of carbonyl (C=O) groups is 1. The van der Waals surface area contributed by atoms with Crippen molar-refractivity contribution >= 4 is 52.3 Å². The minimum absolute atomic E-state index is 0.499. The third kappa shape index (κ3) is 2.23. The van der Waals surface area contributed by atoms with Crippen molar-refractivity contribution in [3.8, 4) is 0 Å². The molecule has 0 saturated carbocycles. The summed E-state index contributed by atoms with van der Waals surface area (Å²) in [7, 11) is 0. The van der Waals surface area contributed by atoms with E-state index in [0.717, 1.165) is 27.4 Å². The zero-order chi connectivity index (χ0) is 14.1. The van der Waals surface area contributed by atoms with Crippen LogP contribution in [0.5, 0.6) is 0 Å². The van der Waals surface area contributed by atoms with Gasteiger partial charge in [-0.25, -0.2) is 0 Å². The van der Waals surface area contributed by atoms with Gasteiger partial charge < -0.3 is 0 Å². The van der Waals surface area contributed by atoms with Crippen molar-refractivity contribution in [3.63, 3.8) is 0 Å². The van der Waals surface area contributed by atoms with Crippen LogP contribution in [0.1, 0.15) is 11.1 Å². The predicted octanol–water partition coefficient (Wildman–Crippen LogP) is 5.39. The van der Waals surface area contributed by atoms with Crippen LogP contribution in [-0.4, -0.2) is 11.6 Å². The van der Waals surface area contributed by atoms with Gasteiger partial charge in [0.25, 0.3) is 0 Å². The van der Waals surface area contributed by atoms with Gasteiger partial charge in [-0.05, 0) is 47.2 Å². The molecule has 1 heterocycles. The summed E-state index contributed by atoms with van der Waals surface area (Å²) in [5.74, 6) is 0. The first-order chi connectivity index (χ1) is 9.70. The van der Waals surface area contributed by atoms with Crippen LogP contribution in [0, 0.1) is 0 Å². The highest BCUT2D eigenvalue weighted by molar-refractivity contribution is 7.98. The second kappa shape index (κ2) is 5.35. The Hall–Kier alpha value is -1.71. The minimum atomic E-state index is -0.499. The first-order valence-electron chi connectivity index (χ1n) is 6.15. The fourth-order valence-corrected chi connectivity index (χ4v) is 2.93. The molecular weight excluding hydrogens is 290 g/mol. The summed E-state index contributed by atoms with van der Waals surface area (Å²) < 4.78 is 0. The summed E-state index contributed by atoms with van der Waals surface area (Å²) in [6.07, 6.45) is 6.03. The van der Waals surface area contributed by atoms with E-state index in [-0.39, 0.29) is 0 Å². The highest BCUT2D eigenvalue weighted by Gasteiger charge is 2.22. The zero-order valence-electron chi connectivity index (χ0n) is 10.8. The second-order valence-electron chi connectivity index (χ2n) is 4.41. The largest absolute Gasteiger partial charge is 0.325 e. The molecule has 0 spiro atoms. The van der Waals surface area contributed by atoms with Crippen molar-refractivity contribution in [2.24, 2.45) is 0 Å². The molecular formula is C16H12ClNOS. The molecule has 2 aromatic carbocycles. The molecule has 0 saturated heterocycles. The SMILES string of the molecule is CSc1ccc2c(c1)N(C(=O)Cl)c1ccccc1C=C2. The Morgan fingerprint density at radius 2 is 1.75 bits per heavy atom. The Morgan fingerprint density at radius 1 is 1.05 bits per heavy atom. The number of halogens is 1. The molecule has 0 aromatic heterocycles. The van der Waals surface area contributed by atoms with Gasteiger partial charge in [0.2, 0.25) is 0 Å². The Morgan fingerprint density at radius 3 is 2.45 bits per heavy atom. The summed E-state index contributed by atoms with van der Waals surface area (Å²) in [4.78, 5) is 14.6. The summed E-state index contributed by atoms with van der Waals surface area (Å²) in [6, 6.07) is 13.8. The number of amides is 1. The van der Waals surface area contributed by atoms with Gasteiger partial charge in [-0.3, -0.25) is 9.69 Å². The second-order valence-corrected chi connectivity index (χ2v) is 5.61. The maximum Gasteiger partial charge on any atom is 0.325 e. The molecule has 0 bridgehead atoms. The van der Waals surface area contributed by atoms with E-state index in [1.54, 1.807) is 16.7 Å². The monoisotopic (exact) mass is 301 g/mol. The summed E-state index contributed by atoms with van der Waals surface area (Å²) in [5, 5.41) is -0.499. The lowest BCUT2D eigenvalue weighted by Crippen LogP contribution is -2.20. The van der Waals surface area contributed by atoms with Crippen LogP contribution in [0.4, 0.5) is 16.2 Å². The van der Waals surface area contributed by atoms with Gasteiger partial charge in [-0.1, -0.05) is 36.4 Å². The normalized spacial score (nSPS) is 12.6. The first kappa shape index (κ1) is 13.3. The first-order valence-corrected chi connectivity index (χ1v) is 7.76. The van der Waals surface area contributed by atoms with E-state index in [4.69, 9.17) is 11.6 Å². The number of fused-ring (bicyclic) bond motifs is 2. The van der Waals surface area contributed by atoms with E-state index in [1.807, 2.05) is 60.9 Å². The average Bonchev–Trinajstić information content (AvgIpc) is 2.62. The van der Waals surface area contributed by atoms with Gasteiger partial charge in [0.15, 0.2) is 0 Å². The van der Waals surface area contributed by atoms with E-state index >= 15 is 0 Å². The maximum atomic E-state index is 11.9. The van der Waals surface area contributed by atoms with E-state index in [1.165, 1.54) is 0 Å². The smallest absolute Gasteiger partial charge is 0.266 e. The number of thioether (sulfide) groups is 1. The van der Waals surface area contributed by atoms with Crippen LogP contribution in [0.15, 0.2) is 47.4 Å². The van der Waals surface area contributed by atoms with Gasteiger partial charge in [-0.15, -0.1) is 11.8 Å². The summed E-state index contributed by atoms with van der Waals surface area (Å²) >= 11 is 7.47. The molecule has 0 atom stereocenters. The van der Waals surface area contributed by atoms with Gasteiger partial charge in [0.1, 0.15) is 0 Å². The number of benzene rings is 2. The van der Waals surface area contributed by atoms with Gasteiger partial charge in [0, 0.05) is 4.90 Å². The van der Waals surface area contributed by atoms with Crippen molar-refractivity contribution < 1.29 is 4.79 Å². The molecule has 100 valence electrons. The summed E-state index contributed by atoms with van der Waals surface area (Å²) in [6.45, 7) is 0. The van der Waals surface area contributed by atoms with Crippen molar-refractivity contribution in [1.29, 1.82) is 0 Å². The molecule has 0 fully saturated rings. The molecule has 0 aliphatic carbocycles. The summed E-state index contributed by atoms with van der Waals surface area (Å²) in [5.41, 5.74) is 3.58. The van der Waals surface area contributed by atoms with Gasteiger partial charge in [-0.2, -0.15) is 0 Å². The van der Waals surface area contributed by atoms with Crippen LogP contribution < -0.4 is 4.90 Å². The van der Waals surface area contributed by atoms with E-state index in [0.29, 0.717) is 0 Å². The predicted molar refractivity (Wildman–Crippen MR) is 87.0 cm³/mol. The molecule has 1 aliphatic heterocycles. The van der Waals surface area contributed by atoms with Crippen LogP contribution in [0.3, 0.4) is 0 Å². The molecule has 3 rings (SSSR count). The zero-order valence-corrected chi connectivity index (χ0v) is 12.4. The Bertz CT molecular complexity index is 711. The van der Waals surface area contributed by atoms with Gasteiger partial charge >= 0.3 is 5.37 Å². The fraction of sp³-hybridized carbons (Fsp3) is 0.0625. The van der Waals surface area contributed by atoms with Crippen molar-refractivity contribution in [2.45, 2.75) is 4.90 Å². The number of carbonyl (C=O) groups excluding carboxylic acids is 1. The van der Waals surface area contributed by atoms with Crippen LogP contribution >= 0.6 is 23.4 Å². The van der Waals surface area contributed by atoms with Crippen LogP contribution in [0.25, 0.3) is 12.2 Å². The van der Waals surface area contributed by atoms with Crippen molar-refractivity contribution in [1.82, 2.24) is 0 Å². The highest BCUT2D eigenvalue weighted by Crippen LogP contribution is 2.38. The molecule has 2 aromatic rings. The third-order valence-electron chi connectivity index (χ3n) is 3.27. The number of hydrogen-bond acceptors (Lipinski definition) is 2. The third-order valence-corrected chi connectivity index (χ3v) is 4.17. The highest BCUT2D eigenvalue weighted by atomic mass is 35.5. The van der Waals surface area contributed by atoms with E-state index in [9.17, 15) is 4.79 Å². The van der Waals surface area contributed by atoms with Crippen LogP contribution in [0.2, 0.25) is 0 Å². The standard InChI is InChI=1S/C16H12ClNOS/c1-20-13-9-8-12-7-6-11-4-2-3-5-14(11)18(16(17)19)15(12)10-13/h2-10H,1H3. The molecule has 1 amide bonds. The Balaban J connectivity index is 2.27. The lowest BCUT2D eigenvalue weighted by atomic mass is 10.1. The average molecular weight is 302 g/mol. The maximum absolute atomic E-state index is 11.9. The Labute approximate surface area is 127 Å². The lowest BCUT2D eigenvalue weighted by molar-refractivity contribution is 0.266.